The highest BCUT2D eigenvalue weighted by molar-refractivity contribution is 7.10. The smallest absolute Gasteiger partial charge is 0.308 e. The van der Waals surface area contributed by atoms with Gasteiger partial charge in [-0.2, -0.15) is 0 Å². The van der Waals surface area contributed by atoms with E-state index in [4.69, 9.17) is 5.11 Å². The van der Waals surface area contributed by atoms with Crippen LogP contribution in [0.15, 0.2) is 5.38 Å². The highest BCUT2D eigenvalue weighted by atomic mass is 32.1. The van der Waals surface area contributed by atoms with Crippen LogP contribution < -0.4 is 0 Å². The van der Waals surface area contributed by atoms with Crippen LogP contribution in [0.1, 0.15) is 10.4 Å². The van der Waals surface area contributed by atoms with Crippen molar-refractivity contribution >= 4 is 17.3 Å². The first-order chi connectivity index (χ1) is 5.11. The second-order valence-corrected chi connectivity index (χ2v) is 3.19. The van der Waals surface area contributed by atoms with Gasteiger partial charge in [-0.25, -0.2) is 4.39 Å². The first-order valence-electron chi connectivity index (χ1n) is 3.05. The topological polar surface area (TPSA) is 37.3 Å². The number of carboxylic acids is 1. The average molecular weight is 174 g/mol. The minimum absolute atomic E-state index is 0.218. The summed E-state index contributed by atoms with van der Waals surface area (Å²) in [6.07, 6.45) is -0.218. The molecule has 0 saturated carbocycles. The molecule has 4 heteroatoms. The molecule has 0 amide bonds. The number of rotatable bonds is 2. The SMILES string of the molecule is Cc1csc(CC(=O)O)c1F. The standard InChI is InChI=1S/C7H7FO2S/c1-4-3-11-5(7(4)8)2-6(9)10/h3H,2H2,1H3,(H,9,10). The van der Waals surface area contributed by atoms with Crippen molar-refractivity contribution in [2.45, 2.75) is 13.3 Å². The van der Waals surface area contributed by atoms with E-state index in [0.717, 1.165) is 11.3 Å². The fraction of sp³-hybridized carbons (Fsp3) is 0.286. The van der Waals surface area contributed by atoms with E-state index in [0.29, 0.717) is 10.4 Å². The third-order valence-electron chi connectivity index (χ3n) is 1.28. The molecule has 60 valence electrons. The van der Waals surface area contributed by atoms with Gasteiger partial charge in [-0.15, -0.1) is 11.3 Å². The Morgan fingerprint density at radius 2 is 2.45 bits per heavy atom. The number of hydrogen-bond acceptors (Lipinski definition) is 2. The maximum atomic E-state index is 12.9. The van der Waals surface area contributed by atoms with Crippen LogP contribution in [0, 0.1) is 12.7 Å². The normalized spacial score (nSPS) is 10.0. The van der Waals surface area contributed by atoms with Crippen LogP contribution in [-0.2, 0) is 11.2 Å². The van der Waals surface area contributed by atoms with E-state index >= 15 is 0 Å². The Morgan fingerprint density at radius 3 is 2.82 bits per heavy atom. The van der Waals surface area contributed by atoms with Crippen LogP contribution in [0.4, 0.5) is 4.39 Å². The van der Waals surface area contributed by atoms with Crippen LogP contribution in [-0.4, -0.2) is 11.1 Å². The zero-order valence-electron chi connectivity index (χ0n) is 5.93. The summed E-state index contributed by atoms with van der Waals surface area (Å²) in [5.41, 5.74) is 0.520. The minimum Gasteiger partial charge on any atom is -0.481 e. The fourth-order valence-corrected chi connectivity index (χ4v) is 1.63. The van der Waals surface area contributed by atoms with Crippen molar-refractivity contribution in [3.05, 3.63) is 21.6 Å². The summed E-state index contributed by atoms with van der Waals surface area (Å²) in [5.74, 6) is -1.37. The summed E-state index contributed by atoms with van der Waals surface area (Å²) in [6.45, 7) is 1.62. The van der Waals surface area contributed by atoms with Gasteiger partial charge < -0.3 is 5.11 Å². The summed E-state index contributed by atoms with van der Waals surface area (Å²) < 4.78 is 12.9. The van der Waals surface area contributed by atoms with Crippen LogP contribution in [0.5, 0.6) is 0 Å². The van der Waals surface area contributed by atoms with Gasteiger partial charge in [0.25, 0.3) is 0 Å². The van der Waals surface area contributed by atoms with E-state index in [-0.39, 0.29) is 12.2 Å². The number of thiophene rings is 1. The predicted octanol–water partition coefficient (Wildman–Crippen LogP) is 1.82. The van der Waals surface area contributed by atoms with Crippen molar-refractivity contribution < 1.29 is 14.3 Å². The van der Waals surface area contributed by atoms with E-state index < -0.39 is 5.97 Å². The van der Waals surface area contributed by atoms with Crippen LogP contribution in [0.25, 0.3) is 0 Å². The molecule has 1 aromatic heterocycles. The molecule has 1 aromatic rings. The Morgan fingerprint density at radius 1 is 1.82 bits per heavy atom. The van der Waals surface area contributed by atoms with Gasteiger partial charge in [-0.05, 0) is 17.9 Å². The Balaban J connectivity index is 2.87. The van der Waals surface area contributed by atoms with E-state index in [1.165, 1.54) is 0 Å². The molecule has 2 nitrogen and oxygen atoms in total. The highest BCUT2D eigenvalue weighted by Gasteiger charge is 2.10. The molecule has 0 spiro atoms. The monoisotopic (exact) mass is 174 g/mol. The van der Waals surface area contributed by atoms with Gasteiger partial charge in [0.2, 0.25) is 0 Å². The Kier molecular flexibility index (Phi) is 2.24. The zero-order valence-corrected chi connectivity index (χ0v) is 6.74. The Bertz CT molecular complexity index is 280. The lowest BCUT2D eigenvalue weighted by Gasteiger charge is -1.90. The molecule has 0 radical (unpaired) electrons. The number of aryl methyl sites for hydroxylation is 1. The van der Waals surface area contributed by atoms with Crippen molar-refractivity contribution in [2.75, 3.05) is 0 Å². The third-order valence-corrected chi connectivity index (χ3v) is 2.36. The Hall–Kier alpha value is -0.900. The van der Waals surface area contributed by atoms with E-state index in [1.54, 1.807) is 12.3 Å². The van der Waals surface area contributed by atoms with Gasteiger partial charge in [0.15, 0.2) is 0 Å². The lowest BCUT2D eigenvalue weighted by atomic mass is 10.3. The van der Waals surface area contributed by atoms with Crippen molar-refractivity contribution in [1.82, 2.24) is 0 Å². The van der Waals surface area contributed by atoms with Crippen molar-refractivity contribution in [2.24, 2.45) is 0 Å². The first-order valence-corrected chi connectivity index (χ1v) is 3.93. The van der Waals surface area contributed by atoms with Crippen LogP contribution in [0.2, 0.25) is 0 Å². The number of carboxylic acid groups (broad SMARTS) is 1. The molecule has 11 heavy (non-hydrogen) atoms. The molecule has 0 saturated heterocycles. The van der Waals surface area contributed by atoms with E-state index in [9.17, 15) is 9.18 Å². The van der Waals surface area contributed by atoms with E-state index in [2.05, 4.69) is 0 Å². The summed E-state index contributed by atoms with van der Waals surface area (Å²) in [4.78, 5) is 10.5. The molecule has 1 N–H and O–H groups in total. The third kappa shape index (κ3) is 1.77. The largest absolute Gasteiger partial charge is 0.481 e. The fourth-order valence-electron chi connectivity index (χ4n) is 0.740. The summed E-state index contributed by atoms with van der Waals surface area (Å²) in [7, 11) is 0. The summed E-state index contributed by atoms with van der Waals surface area (Å²) in [6, 6.07) is 0. The van der Waals surface area contributed by atoms with Crippen LogP contribution in [0.3, 0.4) is 0 Å². The lowest BCUT2D eigenvalue weighted by molar-refractivity contribution is -0.136. The quantitative estimate of drug-likeness (QED) is 0.742. The molecule has 1 heterocycles. The van der Waals surface area contributed by atoms with Gasteiger partial charge in [-0.3, -0.25) is 4.79 Å². The predicted molar refractivity (Wildman–Crippen MR) is 40.4 cm³/mol. The molecule has 1 rings (SSSR count). The second kappa shape index (κ2) is 3.00. The Labute approximate surface area is 67.3 Å². The average Bonchev–Trinajstić information content (AvgIpc) is 2.18. The number of carbonyl (C=O) groups is 1. The van der Waals surface area contributed by atoms with Gasteiger partial charge in [-0.1, -0.05) is 0 Å². The molecule has 0 aliphatic heterocycles. The summed E-state index contributed by atoms with van der Waals surface area (Å²) >= 11 is 1.15. The molecule has 0 fully saturated rings. The lowest BCUT2D eigenvalue weighted by Crippen LogP contribution is -1.99. The minimum atomic E-state index is -0.995. The number of aliphatic carboxylic acids is 1. The van der Waals surface area contributed by atoms with E-state index in [1.807, 2.05) is 0 Å². The molecule has 0 aliphatic rings. The second-order valence-electron chi connectivity index (χ2n) is 2.23. The van der Waals surface area contributed by atoms with Gasteiger partial charge in [0, 0.05) is 0 Å². The molecule has 0 aromatic carbocycles. The van der Waals surface area contributed by atoms with Crippen molar-refractivity contribution in [1.29, 1.82) is 0 Å². The first kappa shape index (κ1) is 8.20. The molecule has 0 aliphatic carbocycles. The van der Waals surface area contributed by atoms with Gasteiger partial charge >= 0.3 is 5.97 Å². The van der Waals surface area contributed by atoms with Crippen molar-refractivity contribution in [3.8, 4) is 0 Å². The zero-order chi connectivity index (χ0) is 8.43. The molecular weight excluding hydrogens is 167 g/mol. The molecule has 0 bridgehead atoms. The molecule has 0 atom stereocenters. The number of halogens is 1. The summed E-state index contributed by atoms with van der Waals surface area (Å²) in [5, 5.41) is 9.96. The van der Waals surface area contributed by atoms with Crippen molar-refractivity contribution in [3.63, 3.8) is 0 Å². The van der Waals surface area contributed by atoms with Gasteiger partial charge in [0.05, 0.1) is 11.3 Å². The number of hydrogen-bond donors (Lipinski definition) is 1. The molecular formula is C7H7FO2S. The molecule has 0 unspecified atom stereocenters. The maximum Gasteiger partial charge on any atom is 0.308 e. The maximum absolute atomic E-state index is 12.9. The van der Waals surface area contributed by atoms with Crippen LogP contribution >= 0.6 is 11.3 Å². The van der Waals surface area contributed by atoms with Gasteiger partial charge in [0.1, 0.15) is 5.82 Å². The highest BCUT2D eigenvalue weighted by Crippen LogP contribution is 2.20.